The number of thiophene rings is 1. The van der Waals surface area contributed by atoms with E-state index in [0.29, 0.717) is 28.9 Å². The molecule has 0 aromatic carbocycles. The van der Waals surface area contributed by atoms with Crippen molar-refractivity contribution in [2.45, 2.75) is 39.5 Å². The number of amides is 2. The quantitative estimate of drug-likeness (QED) is 0.886. The first kappa shape index (κ1) is 16.5. The number of nitrogens with two attached hydrogens (primary N) is 1. The summed E-state index contributed by atoms with van der Waals surface area (Å²) in [6.07, 6.45) is 4.17. The second-order valence-electron chi connectivity index (χ2n) is 7.11. The summed E-state index contributed by atoms with van der Waals surface area (Å²) in [6.45, 7) is 6.77. The zero-order valence-electron chi connectivity index (χ0n) is 13.9. The molecule has 3 N–H and O–H groups in total. The highest BCUT2D eigenvalue weighted by atomic mass is 32.1. The Kier molecular flexibility index (Phi) is 4.73. The van der Waals surface area contributed by atoms with Crippen molar-refractivity contribution in [2.75, 3.05) is 25.0 Å². The third-order valence-corrected chi connectivity index (χ3v) is 5.94. The first-order valence-electron chi connectivity index (χ1n) is 8.40. The van der Waals surface area contributed by atoms with Crippen molar-refractivity contribution in [2.24, 2.45) is 17.6 Å². The fraction of sp³-hybridized carbons (Fsp3) is 0.647. The molecule has 6 heteroatoms. The molecule has 0 spiro atoms. The van der Waals surface area contributed by atoms with E-state index in [9.17, 15) is 9.59 Å². The van der Waals surface area contributed by atoms with Crippen LogP contribution in [0.15, 0.2) is 0 Å². The number of aryl methyl sites for hydroxylation is 1. The summed E-state index contributed by atoms with van der Waals surface area (Å²) in [7, 11) is 0. The van der Waals surface area contributed by atoms with E-state index in [1.54, 1.807) is 0 Å². The smallest absolute Gasteiger partial charge is 0.251 e. The summed E-state index contributed by atoms with van der Waals surface area (Å²) in [4.78, 5) is 27.6. The summed E-state index contributed by atoms with van der Waals surface area (Å²) in [5, 5.41) is 3.58. The van der Waals surface area contributed by atoms with E-state index >= 15 is 0 Å². The van der Waals surface area contributed by atoms with Crippen LogP contribution in [0.2, 0.25) is 0 Å². The molecule has 0 bridgehead atoms. The SMILES string of the molecule is C[C@@H]1C[C@H](C)CN(CC(=O)Nc2sc3c(c2C(N)=O)CCC3)C1. The summed E-state index contributed by atoms with van der Waals surface area (Å²) < 4.78 is 0. The van der Waals surface area contributed by atoms with E-state index < -0.39 is 5.91 Å². The topological polar surface area (TPSA) is 75.4 Å². The van der Waals surface area contributed by atoms with Crippen LogP contribution in [0.4, 0.5) is 5.00 Å². The number of rotatable bonds is 4. The lowest BCUT2D eigenvalue weighted by Gasteiger charge is -2.34. The van der Waals surface area contributed by atoms with Gasteiger partial charge in [-0.05, 0) is 43.1 Å². The lowest BCUT2D eigenvalue weighted by molar-refractivity contribution is -0.117. The van der Waals surface area contributed by atoms with Gasteiger partial charge in [0.25, 0.3) is 5.91 Å². The number of nitrogens with one attached hydrogen (secondary N) is 1. The Balaban J connectivity index is 1.68. The van der Waals surface area contributed by atoms with Gasteiger partial charge in [0.05, 0.1) is 12.1 Å². The van der Waals surface area contributed by atoms with Crippen LogP contribution < -0.4 is 11.1 Å². The predicted octanol–water partition coefficient (Wildman–Crippen LogP) is 2.25. The molecule has 0 radical (unpaired) electrons. The number of carbonyl (C=O) groups excluding carboxylic acids is 2. The van der Waals surface area contributed by atoms with Crippen molar-refractivity contribution >= 4 is 28.2 Å². The monoisotopic (exact) mass is 335 g/mol. The fourth-order valence-electron chi connectivity index (χ4n) is 4.04. The van der Waals surface area contributed by atoms with E-state index in [4.69, 9.17) is 5.73 Å². The molecule has 2 heterocycles. The molecule has 1 aliphatic heterocycles. The lowest BCUT2D eigenvalue weighted by Crippen LogP contribution is -2.42. The zero-order chi connectivity index (χ0) is 16.6. The molecule has 1 aromatic rings. The predicted molar refractivity (Wildman–Crippen MR) is 92.9 cm³/mol. The average molecular weight is 335 g/mol. The number of primary amides is 1. The van der Waals surface area contributed by atoms with Crippen molar-refractivity contribution in [1.29, 1.82) is 0 Å². The molecule has 0 saturated carbocycles. The van der Waals surface area contributed by atoms with Crippen molar-refractivity contribution in [3.8, 4) is 0 Å². The Morgan fingerprint density at radius 1 is 1.26 bits per heavy atom. The Morgan fingerprint density at radius 3 is 2.61 bits per heavy atom. The van der Waals surface area contributed by atoms with Crippen LogP contribution in [0.3, 0.4) is 0 Å². The van der Waals surface area contributed by atoms with Crippen molar-refractivity contribution < 1.29 is 9.59 Å². The third-order valence-electron chi connectivity index (χ3n) is 4.73. The maximum atomic E-state index is 12.4. The Hall–Kier alpha value is -1.40. The molecule has 1 saturated heterocycles. The van der Waals surface area contributed by atoms with E-state index in [1.807, 2.05) is 0 Å². The number of carbonyl (C=O) groups is 2. The van der Waals surface area contributed by atoms with Crippen molar-refractivity contribution in [1.82, 2.24) is 4.90 Å². The molecule has 1 fully saturated rings. The summed E-state index contributed by atoms with van der Waals surface area (Å²) in [5.41, 5.74) is 7.13. The maximum absolute atomic E-state index is 12.4. The van der Waals surface area contributed by atoms with Gasteiger partial charge in [-0.2, -0.15) is 0 Å². The number of fused-ring (bicyclic) bond motifs is 1. The number of anilines is 1. The molecule has 23 heavy (non-hydrogen) atoms. The third kappa shape index (κ3) is 3.58. The molecule has 3 rings (SSSR count). The Morgan fingerprint density at radius 2 is 1.96 bits per heavy atom. The Labute approximate surface area is 141 Å². The van der Waals surface area contributed by atoms with Gasteiger partial charge in [-0.25, -0.2) is 0 Å². The minimum atomic E-state index is -0.431. The molecule has 2 amide bonds. The first-order chi connectivity index (χ1) is 10.9. The molecule has 126 valence electrons. The molecule has 2 aliphatic rings. The van der Waals surface area contributed by atoms with Gasteiger partial charge in [-0.3, -0.25) is 14.5 Å². The van der Waals surface area contributed by atoms with Crippen LogP contribution in [-0.4, -0.2) is 36.3 Å². The second-order valence-corrected chi connectivity index (χ2v) is 8.22. The average Bonchev–Trinajstić information content (AvgIpc) is 2.96. The highest BCUT2D eigenvalue weighted by Gasteiger charge is 2.27. The first-order valence-corrected chi connectivity index (χ1v) is 9.22. The number of nitrogens with zero attached hydrogens (tertiary/aromatic N) is 1. The van der Waals surface area contributed by atoms with Gasteiger partial charge in [0, 0.05) is 18.0 Å². The minimum Gasteiger partial charge on any atom is -0.365 e. The lowest BCUT2D eigenvalue weighted by atomic mass is 9.92. The molecule has 1 aliphatic carbocycles. The molecule has 2 atom stereocenters. The van der Waals surface area contributed by atoms with Gasteiger partial charge >= 0.3 is 0 Å². The maximum Gasteiger partial charge on any atom is 0.251 e. The Bertz CT molecular complexity index is 616. The number of hydrogen-bond donors (Lipinski definition) is 2. The van der Waals surface area contributed by atoms with Crippen LogP contribution >= 0.6 is 11.3 Å². The van der Waals surface area contributed by atoms with Crippen molar-refractivity contribution in [3.05, 3.63) is 16.0 Å². The number of hydrogen-bond acceptors (Lipinski definition) is 4. The molecule has 0 unspecified atom stereocenters. The van der Waals surface area contributed by atoms with Crippen LogP contribution in [0, 0.1) is 11.8 Å². The van der Waals surface area contributed by atoms with Crippen LogP contribution in [0.5, 0.6) is 0 Å². The molecule has 1 aromatic heterocycles. The highest BCUT2D eigenvalue weighted by Crippen LogP contribution is 2.38. The normalized spacial score (nSPS) is 24.4. The van der Waals surface area contributed by atoms with Gasteiger partial charge < -0.3 is 11.1 Å². The van der Waals surface area contributed by atoms with Crippen LogP contribution in [0.1, 0.15) is 47.5 Å². The van der Waals surface area contributed by atoms with E-state index in [1.165, 1.54) is 22.6 Å². The number of piperidine rings is 1. The largest absolute Gasteiger partial charge is 0.365 e. The van der Waals surface area contributed by atoms with Gasteiger partial charge in [-0.15, -0.1) is 11.3 Å². The fourth-order valence-corrected chi connectivity index (χ4v) is 5.35. The standard InChI is InChI=1S/C17H25N3O2S/c1-10-6-11(2)8-20(7-10)9-14(21)19-17-15(16(18)22)12-4-3-5-13(12)23-17/h10-11H,3-9H2,1-2H3,(H2,18,22)(H,19,21)/t10-,11+. The van der Waals surface area contributed by atoms with E-state index in [2.05, 4.69) is 24.1 Å². The molecular weight excluding hydrogens is 310 g/mol. The molecular formula is C17H25N3O2S. The van der Waals surface area contributed by atoms with Gasteiger partial charge in [0.1, 0.15) is 5.00 Å². The van der Waals surface area contributed by atoms with Gasteiger partial charge in [-0.1, -0.05) is 13.8 Å². The van der Waals surface area contributed by atoms with Crippen LogP contribution in [-0.2, 0) is 17.6 Å². The number of likely N-dealkylation sites (tertiary alicyclic amines) is 1. The molecule has 5 nitrogen and oxygen atoms in total. The summed E-state index contributed by atoms with van der Waals surface area (Å²) >= 11 is 1.52. The minimum absolute atomic E-state index is 0.0475. The van der Waals surface area contributed by atoms with E-state index in [-0.39, 0.29) is 5.91 Å². The summed E-state index contributed by atoms with van der Waals surface area (Å²) in [6, 6.07) is 0. The van der Waals surface area contributed by atoms with Crippen LogP contribution in [0.25, 0.3) is 0 Å². The van der Waals surface area contributed by atoms with Crippen molar-refractivity contribution in [3.63, 3.8) is 0 Å². The zero-order valence-corrected chi connectivity index (χ0v) is 14.7. The van der Waals surface area contributed by atoms with Gasteiger partial charge in [0.2, 0.25) is 5.91 Å². The van der Waals surface area contributed by atoms with Gasteiger partial charge in [0.15, 0.2) is 0 Å². The highest BCUT2D eigenvalue weighted by molar-refractivity contribution is 7.17. The second kappa shape index (κ2) is 6.61. The van der Waals surface area contributed by atoms with E-state index in [0.717, 1.165) is 37.9 Å². The summed E-state index contributed by atoms with van der Waals surface area (Å²) in [5.74, 6) is 0.769.